The van der Waals surface area contributed by atoms with Gasteiger partial charge in [-0.1, -0.05) is 105 Å². The Labute approximate surface area is 119 Å². The van der Waals surface area contributed by atoms with E-state index in [0.29, 0.717) is 0 Å². The highest BCUT2D eigenvalue weighted by molar-refractivity contribution is 9.25. The molecular weight excluding hydrogens is 328 g/mol. The van der Waals surface area contributed by atoms with Gasteiger partial charge < -0.3 is 0 Å². The molecule has 0 heterocycles. The maximum absolute atomic E-state index is 3.81. The zero-order valence-electron chi connectivity index (χ0n) is 11.4. The third-order valence-electron chi connectivity index (χ3n) is 3.19. The van der Waals surface area contributed by atoms with E-state index in [0.717, 1.165) is 0 Å². The largest absolute Gasteiger partial charge is 0.0853 e. The van der Waals surface area contributed by atoms with Gasteiger partial charge in [0.05, 0.1) is 3.23 Å². The van der Waals surface area contributed by atoms with E-state index in [1.807, 2.05) is 0 Å². The van der Waals surface area contributed by atoms with Gasteiger partial charge >= 0.3 is 0 Å². The molecule has 0 N–H and O–H groups in total. The predicted octanol–water partition coefficient (Wildman–Crippen LogP) is 6.66. The van der Waals surface area contributed by atoms with Crippen LogP contribution in [0.3, 0.4) is 0 Å². The minimum atomic E-state index is 0.108. The van der Waals surface area contributed by atoms with Crippen LogP contribution in [0, 0.1) is 5.41 Å². The standard InChI is InChI=1S/C14H28Br2/c1-5-6-7-8-9-10-11-12-14(15,16)13(2,3)4/h5-12H2,1-4H3. The van der Waals surface area contributed by atoms with Crippen molar-refractivity contribution in [2.75, 3.05) is 0 Å². The molecule has 2 heteroatoms. The van der Waals surface area contributed by atoms with Crippen molar-refractivity contribution in [2.24, 2.45) is 5.41 Å². The Balaban J connectivity index is 3.51. The van der Waals surface area contributed by atoms with Crippen molar-refractivity contribution in [1.82, 2.24) is 0 Å². The molecule has 0 aliphatic carbocycles. The van der Waals surface area contributed by atoms with Gasteiger partial charge in [0.15, 0.2) is 0 Å². The summed E-state index contributed by atoms with van der Waals surface area (Å²) in [6.45, 7) is 9.10. The second-order valence-corrected chi connectivity index (χ2v) is 9.60. The number of hydrogen-bond acceptors (Lipinski definition) is 0. The van der Waals surface area contributed by atoms with E-state index in [4.69, 9.17) is 0 Å². The summed E-state index contributed by atoms with van der Waals surface area (Å²) in [5.41, 5.74) is 0.273. The summed E-state index contributed by atoms with van der Waals surface area (Å²) in [6, 6.07) is 0. The summed E-state index contributed by atoms with van der Waals surface area (Å²) in [5, 5.41) is 0. The van der Waals surface area contributed by atoms with Gasteiger partial charge in [0.1, 0.15) is 0 Å². The van der Waals surface area contributed by atoms with Gasteiger partial charge in [-0.05, 0) is 11.8 Å². The summed E-state index contributed by atoms with van der Waals surface area (Å²) in [6.07, 6.45) is 10.9. The highest BCUT2D eigenvalue weighted by Gasteiger charge is 2.35. The van der Waals surface area contributed by atoms with E-state index in [2.05, 4.69) is 59.6 Å². The van der Waals surface area contributed by atoms with E-state index in [1.54, 1.807) is 0 Å². The van der Waals surface area contributed by atoms with Crippen molar-refractivity contribution in [3.05, 3.63) is 0 Å². The van der Waals surface area contributed by atoms with Crippen LogP contribution < -0.4 is 0 Å². The van der Waals surface area contributed by atoms with Crippen molar-refractivity contribution in [3.63, 3.8) is 0 Å². The molecule has 16 heavy (non-hydrogen) atoms. The molecule has 0 aliphatic heterocycles. The van der Waals surface area contributed by atoms with Crippen molar-refractivity contribution < 1.29 is 0 Å². The summed E-state index contributed by atoms with van der Waals surface area (Å²) < 4.78 is 0.108. The molecule has 0 amide bonds. The van der Waals surface area contributed by atoms with Crippen LogP contribution in [0.5, 0.6) is 0 Å². The summed E-state index contributed by atoms with van der Waals surface area (Å²) in [4.78, 5) is 0. The molecule has 0 aromatic carbocycles. The first kappa shape index (κ1) is 17.0. The molecule has 0 aromatic heterocycles. The van der Waals surface area contributed by atoms with Crippen LogP contribution in [0.4, 0.5) is 0 Å². The summed E-state index contributed by atoms with van der Waals surface area (Å²) in [7, 11) is 0. The summed E-state index contributed by atoms with van der Waals surface area (Å²) >= 11 is 7.63. The van der Waals surface area contributed by atoms with E-state index < -0.39 is 0 Å². The Bertz CT molecular complexity index is 168. The summed E-state index contributed by atoms with van der Waals surface area (Å²) in [5.74, 6) is 0. The maximum Gasteiger partial charge on any atom is 0.0853 e. The lowest BCUT2D eigenvalue weighted by atomic mass is 9.89. The molecule has 0 radical (unpaired) electrons. The molecule has 0 atom stereocenters. The van der Waals surface area contributed by atoms with Crippen LogP contribution in [0.2, 0.25) is 0 Å². The molecule has 0 aliphatic rings. The van der Waals surface area contributed by atoms with E-state index in [-0.39, 0.29) is 8.65 Å². The lowest BCUT2D eigenvalue weighted by Gasteiger charge is -2.35. The molecule has 0 bridgehead atoms. The van der Waals surface area contributed by atoms with Gasteiger partial charge in [-0.25, -0.2) is 0 Å². The van der Waals surface area contributed by atoms with Crippen molar-refractivity contribution >= 4 is 31.9 Å². The Morgan fingerprint density at radius 2 is 1.19 bits per heavy atom. The number of alkyl halides is 2. The fraction of sp³-hybridized carbons (Fsp3) is 1.00. The number of halogens is 2. The van der Waals surface area contributed by atoms with E-state index >= 15 is 0 Å². The minimum absolute atomic E-state index is 0.108. The molecule has 0 aromatic rings. The van der Waals surface area contributed by atoms with Gasteiger partial charge in [0, 0.05) is 0 Å². The van der Waals surface area contributed by atoms with Crippen molar-refractivity contribution in [3.8, 4) is 0 Å². The first-order valence-electron chi connectivity index (χ1n) is 6.69. The third-order valence-corrected chi connectivity index (χ3v) is 6.36. The zero-order chi connectivity index (χ0) is 12.7. The Kier molecular flexibility index (Phi) is 8.62. The van der Waals surface area contributed by atoms with E-state index in [1.165, 1.54) is 51.4 Å². The molecule has 0 saturated heterocycles. The third kappa shape index (κ3) is 7.32. The van der Waals surface area contributed by atoms with Crippen molar-refractivity contribution in [2.45, 2.75) is 82.3 Å². The van der Waals surface area contributed by atoms with Crippen molar-refractivity contribution in [1.29, 1.82) is 0 Å². The van der Waals surface area contributed by atoms with Gasteiger partial charge in [-0.3, -0.25) is 0 Å². The Morgan fingerprint density at radius 1 is 0.750 bits per heavy atom. The highest BCUT2D eigenvalue weighted by atomic mass is 79.9. The number of rotatable bonds is 8. The quantitative estimate of drug-likeness (QED) is 0.337. The highest BCUT2D eigenvalue weighted by Crippen LogP contribution is 2.47. The first-order chi connectivity index (χ1) is 7.31. The van der Waals surface area contributed by atoms with Gasteiger partial charge in [0.25, 0.3) is 0 Å². The molecule has 0 spiro atoms. The second kappa shape index (κ2) is 8.13. The number of unbranched alkanes of at least 4 members (excludes halogenated alkanes) is 6. The predicted molar refractivity (Wildman–Crippen MR) is 82.7 cm³/mol. The maximum atomic E-state index is 3.81. The van der Waals surface area contributed by atoms with Crippen LogP contribution in [0.25, 0.3) is 0 Å². The molecule has 0 fully saturated rings. The van der Waals surface area contributed by atoms with Crippen LogP contribution in [0.1, 0.15) is 79.1 Å². The fourth-order valence-electron chi connectivity index (χ4n) is 1.68. The SMILES string of the molecule is CCCCCCCCCC(Br)(Br)C(C)(C)C. The average Bonchev–Trinajstić information content (AvgIpc) is 2.14. The fourth-order valence-corrected chi connectivity index (χ4v) is 2.24. The molecular formula is C14H28Br2. The van der Waals surface area contributed by atoms with Gasteiger partial charge in [0.2, 0.25) is 0 Å². The number of hydrogen-bond donors (Lipinski definition) is 0. The average molecular weight is 356 g/mol. The second-order valence-electron chi connectivity index (χ2n) is 5.83. The lowest BCUT2D eigenvalue weighted by molar-refractivity contribution is 0.355. The van der Waals surface area contributed by atoms with Crippen LogP contribution in [0.15, 0.2) is 0 Å². The van der Waals surface area contributed by atoms with Crippen LogP contribution in [-0.4, -0.2) is 3.23 Å². The Morgan fingerprint density at radius 3 is 1.62 bits per heavy atom. The zero-order valence-corrected chi connectivity index (χ0v) is 14.6. The molecule has 0 rings (SSSR count). The van der Waals surface area contributed by atoms with E-state index in [9.17, 15) is 0 Å². The minimum Gasteiger partial charge on any atom is -0.0722 e. The smallest absolute Gasteiger partial charge is 0.0722 e. The molecule has 0 nitrogen and oxygen atoms in total. The molecule has 0 saturated carbocycles. The molecule has 0 unspecified atom stereocenters. The Hall–Kier alpha value is 0.960. The monoisotopic (exact) mass is 354 g/mol. The van der Waals surface area contributed by atoms with Gasteiger partial charge in [-0.2, -0.15) is 0 Å². The normalized spacial score (nSPS) is 13.1. The lowest BCUT2D eigenvalue weighted by Crippen LogP contribution is -2.30. The topological polar surface area (TPSA) is 0 Å². The molecule has 98 valence electrons. The first-order valence-corrected chi connectivity index (χ1v) is 8.27. The van der Waals surface area contributed by atoms with Crippen LogP contribution >= 0.6 is 31.9 Å². The van der Waals surface area contributed by atoms with Crippen LogP contribution in [-0.2, 0) is 0 Å². The van der Waals surface area contributed by atoms with Gasteiger partial charge in [-0.15, -0.1) is 0 Å².